The van der Waals surface area contributed by atoms with Crippen LogP contribution in [0.25, 0.3) is 0 Å². The molecule has 0 aromatic heterocycles. The molecule has 0 bridgehead atoms. The van der Waals surface area contributed by atoms with Gasteiger partial charge in [0.25, 0.3) is 5.91 Å². The van der Waals surface area contributed by atoms with Crippen molar-refractivity contribution in [3.63, 3.8) is 0 Å². The van der Waals surface area contributed by atoms with Crippen molar-refractivity contribution < 1.29 is 24.2 Å². The molecule has 0 fully saturated rings. The number of hydrogen-bond acceptors (Lipinski definition) is 4. The lowest BCUT2D eigenvalue weighted by Gasteiger charge is -2.16. The molecule has 0 atom stereocenters. The highest BCUT2D eigenvalue weighted by Gasteiger charge is 2.16. The maximum Gasteiger partial charge on any atom is 0.409 e. The molecule has 0 aliphatic carbocycles. The van der Waals surface area contributed by atoms with Gasteiger partial charge in [0.2, 0.25) is 0 Å². The van der Waals surface area contributed by atoms with Crippen LogP contribution >= 0.6 is 0 Å². The number of aromatic carboxylic acids is 1. The molecule has 2 amide bonds. The third-order valence-corrected chi connectivity index (χ3v) is 3.49. The van der Waals surface area contributed by atoms with Gasteiger partial charge < -0.3 is 20.1 Å². The highest BCUT2D eigenvalue weighted by molar-refractivity contribution is 6.10. The molecule has 0 saturated heterocycles. The van der Waals surface area contributed by atoms with Crippen molar-refractivity contribution in [3.8, 4) is 0 Å². The maximum atomic E-state index is 12.4. The fourth-order valence-electron chi connectivity index (χ4n) is 2.31. The molecular weight excluding hydrogens is 324 g/mol. The van der Waals surface area contributed by atoms with E-state index in [0.29, 0.717) is 12.2 Å². The second-order valence-electron chi connectivity index (χ2n) is 5.33. The molecule has 0 spiro atoms. The van der Waals surface area contributed by atoms with Crippen LogP contribution in [-0.2, 0) is 11.3 Å². The number of hydrogen-bond donors (Lipinski definition) is 2. The van der Waals surface area contributed by atoms with Crippen molar-refractivity contribution in [2.75, 3.05) is 19.5 Å². The van der Waals surface area contributed by atoms with Crippen molar-refractivity contribution in [1.29, 1.82) is 0 Å². The molecule has 7 nitrogen and oxygen atoms in total. The number of carboxylic acid groups (broad SMARTS) is 1. The Hall–Kier alpha value is -3.35. The average molecular weight is 342 g/mol. The number of carboxylic acids is 1. The summed E-state index contributed by atoms with van der Waals surface area (Å²) in [5, 5.41) is 11.8. The Labute approximate surface area is 144 Å². The molecule has 0 heterocycles. The largest absolute Gasteiger partial charge is 0.478 e. The topological polar surface area (TPSA) is 95.9 Å². The van der Waals surface area contributed by atoms with E-state index >= 15 is 0 Å². The number of amides is 2. The first kappa shape index (κ1) is 18.0. The van der Waals surface area contributed by atoms with E-state index < -0.39 is 18.0 Å². The average Bonchev–Trinajstić information content (AvgIpc) is 2.61. The molecule has 0 aliphatic rings. The quantitative estimate of drug-likeness (QED) is 0.871. The van der Waals surface area contributed by atoms with E-state index in [4.69, 9.17) is 5.11 Å². The Balaban J connectivity index is 2.16. The van der Waals surface area contributed by atoms with Crippen LogP contribution in [0.4, 0.5) is 10.5 Å². The van der Waals surface area contributed by atoms with Gasteiger partial charge >= 0.3 is 12.1 Å². The zero-order valence-electron chi connectivity index (χ0n) is 13.9. The van der Waals surface area contributed by atoms with Gasteiger partial charge in [0.15, 0.2) is 0 Å². The van der Waals surface area contributed by atoms with Crippen LogP contribution in [-0.4, -0.2) is 42.1 Å². The minimum absolute atomic E-state index is 0.0680. The molecule has 2 rings (SSSR count). The van der Waals surface area contributed by atoms with E-state index in [1.165, 1.54) is 24.1 Å². The van der Waals surface area contributed by atoms with Crippen molar-refractivity contribution in [1.82, 2.24) is 4.90 Å². The molecule has 0 aliphatic heterocycles. The summed E-state index contributed by atoms with van der Waals surface area (Å²) in [7, 11) is 2.90. The highest BCUT2D eigenvalue weighted by Crippen LogP contribution is 2.16. The molecule has 130 valence electrons. The van der Waals surface area contributed by atoms with E-state index in [1.54, 1.807) is 43.4 Å². The van der Waals surface area contributed by atoms with E-state index in [0.717, 1.165) is 5.56 Å². The number of carbonyl (C=O) groups is 3. The number of nitrogens with zero attached hydrogens (tertiary/aromatic N) is 1. The number of carbonyl (C=O) groups excluding carboxylic acids is 2. The van der Waals surface area contributed by atoms with Gasteiger partial charge in [0.05, 0.1) is 18.2 Å². The highest BCUT2D eigenvalue weighted by atomic mass is 16.5. The second kappa shape index (κ2) is 7.96. The Kier molecular flexibility index (Phi) is 5.73. The fraction of sp³-hybridized carbons (Fsp3) is 0.167. The normalized spacial score (nSPS) is 10.0. The molecule has 2 N–H and O–H groups in total. The minimum Gasteiger partial charge on any atom is -0.478 e. The fourth-order valence-corrected chi connectivity index (χ4v) is 2.31. The van der Waals surface area contributed by atoms with Crippen LogP contribution in [0, 0.1) is 0 Å². The second-order valence-corrected chi connectivity index (χ2v) is 5.33. The molecule has 7 heteroatoms. The van der Waals surface area contributed by atoms with Crippen LogP contribution in [0.3, 0.4) is 0 Å². The lowest BCUT2D eigenvalue weighted by Crippen LogP contribution is -2.25. The molecule has 0 radical (unpaired) electrons. The first-order valence-electron chi connectivity index (χ1n) is 7.44. The van der Waals surface area contributed by atoms with E-state index in [1.807, 2.05) is 0 Å². The van der Waals surface area contributed by atoms with Gasteiger partial charge in [0, 0.05) is 19.3 Å². The van der Waals surface area contributed by atoms with E-state index in [2.05, 4.69) is 10.1 Å². The van der Waals surface area contributed by atoms with Gasteiger partial charge in [-0.15, -0.1) is 0 Å². The zero-order chi connectivity index (χ0) is 18.4. The summed E-state index contributed by atoms with van der Waals surface area (Å²) in [4.78, 5) is 36.4. The summed E-state index contributed by atoms with van der Waals surface area (Å²) in [5.41, 5.74) is 1.30. The number of rotatable bonds is 5. The molecule has 0 unspecified atom stereocenters. The number of nitrogens with one attached hydrogen (secondary N) is 1. The number of methoxy groups -OCH3 is 1. The smallest absolute Gasteiger partial charge is 0.409 e. The van der Waals surface area contributed by atoms with Gasteiger partial charge in [-0.1, -0.05) is 24.3 Å². The van der Waals surface area contributed by atoms with Crippen LogP contribution in [0.15, 0.2) is 48.5 Å². The van der Waals surface area contributed by atoms with Crippen LogP contribution in [0.5, 0.6) is 0 Å². The number of ether oxygens (including phenoxy) is 1. The maximum absolute atomic E-state index is 12.4. The Morgan fingerprint density at radius 3 is 2.40 bits per heavy atom. The third-order valence-electron chi connectivity index (χ3n) is 3.49. The molecule has 25 heavy (non-hydrogen) atoms. The summed E-state index contributed by atoms with van der Waals surface area (Å²) in [6.07, 6.45) is -0.468. The Bertz CT molecular complexity index is 804. The van der Waals surface area contributed by atoms with Crippen molar-refractivity contribution >= 4 is 23.7 Å². The Morgan fingerprint density at radius 2 is 1.76 bits per heavy atom. The van der Waals surface area contributed by atoms with Gasteiger partial charge in [-0.05, 0) is 29.8 Å². The van der Waals surface area contributed by atoms with E-state index in [-0.39, 0.29) is 11.1 Å². The predicted molar refractivity (Wildman–Crippen MR) is 91.7 cm³/mol. The molecular formula is C18H18N2O5. The SMILES string of the molecule is COC(=O)N(C)Cc1cccc(NC(=O)c2ccccc2C(=O)O)c1. The third kappa shape index (κ3) is 4.57. The van der Waals surface area contributed by atoms with Crippen molar-refractivity contribution in [2.45, 2.75) is 6.54 Å². The summed E-state index contributed by atoms with van der Waals surface area (Å²) in [6, 6.07) is 12.9. The minimum atomic E-state index is -1.17. The Morgan fingerprint density at radius 1 is 1.08 bits per heavy atom. The van der Waals surface area contributed by atoms with Crippen molar-refractivity contribution in [2.24, 2.45) is 0 Å². The monoisotopic (exact) mass is 342 g/mol. The van der Waals surface area contributed by atoms with Gasteiger partial charge in [-0.25, -0.2) is 9.59 Å². The molecule has 0 saturated carbocycles. The molecule has 2 aromatic carbocycles. The zero-order valence-corrected chi connectivity index (χ0v) is 13.9. The van der Waals surface area contributed by atoms with E-state index in [9.17, 15) is 14.4 Å². The van der Waals surface area contributed by atoms with Gasteiger partial charge in [-0.2, -0.15) is 0 Å². The summed E-state index contributed by atoms with van der Waals surface area (Å²) in [6.45, 7) is 0.308. The summed E-state index contributed by atoms with van der Waals surface area (Å²) < 4.78 is 4.63. The van der Waals surface area contributed by atoms with Crippen molar-refractivity contribution in [3.05, 3.63) is 65.2 Å². The summed E-state index contributed by atoms with van der Waals surface area (Å²) in [5.74, 6) is -1.68. The molecule has 2 aromatic rings. The first-order valence-corrected chi connectivity index (χ1v) is 7.44. The lowest BCUT2D eigenvalue weighted by molar-refractivity contribution is 0.0692. The van der Waals surface area contributed by atoms with Gasteiger partial charge in [-0.3, -0.25) is 4.79 Å². The van der Waals surface area contributed by atoms with Crippen LogP contribution < -0.4 is 5.32 Å². The van der Waals surface area contributed by atoms with Gasteiger partial charge in [0.1, 0.15) is 0 Å². The number of anilines is 1. The predicted octanol–water partition coefficient (Wildman–Crippen LogP) is 2.84. The van der Waals surface area contributed by atoms with Crippen LogP contribution in [0.1, 0.15) is 26.3 Å². The van der Waals surface area contributed by atoms with Crippen LogP contribution in [0.2, 0.25) is 0 Å². The first-order chi connectivity index (χ1) is 11.9. The lowest BCUT2D eigenvalue weighted by atomic mass is 10.1. The summed E-state index contributed by atoms with van der Waals surface area (Å²) >= 11 is 0. The standard InChI is InChI=1S/C18H18N2O5/c1-20(18(24)25-2)11-12-6-5-7-13(10-12)19-16(21)14-8-3-4-9-15(14)17(22)23/h3-10H,11H2,1-2H3,(H,19,21)(H,22,23). The number of benzene rings is 2.